The molecule has 9 nitrogen and oxygen atoms in total. The van der Waals surface area contributed by atoms with E-state index in [1.807, 2.05) is 48.1 Å². The zero-order chi connectivity index (χ0) is 26.6. The summed E-state index contributed by atoms with van der Waals surface area (Å²) in [4.78, 5) is 13.9. The van der Waals surface area contributed by atoms with Crippen molar-refractivity contribution >= 4 is 28.2 Å². The normalized spacial score (nSPS) is 15.3. The fraction of sp³-hybridized carbons (Fsp3) is 0.267. The lowest BCUT2D eigenvalue weighted by molar-refractivity contribution is 0.466. The molecule has 0 spiro atoms. The Hall–Kier alpha value is -4.50. The highest BCUT2D eigenvalue weighted by atomic mass is 16.5. The summed E-state index contributed by atoms with van der Waals surface area (Å²) >= 11 is 0. The highest BCUT2D eigenvalue weighted by Gasteiger charge is 2.17. The lowest BCUT2D eigenvalue weighted by Gasteiger charge is -2.23. The first-order valence-electron chi connectivity index (χ1n) is 13.4. The summed E-state index contributed by atoms with van der Waals surface area (Å²) in [6.45, 7) is 6.91. The predicted octanol–water partition coefficient (Wildman–Crippen LogP) is 5.92. The highest BCUT2D eigenvalue weighted by Crippen LogP contribution is 2.39. The first kappa shape index (κ1) is 24.8. The molecule has 3 N–H and O–H groups in total. The predicted molar refractivity (Wildman–Crippen MR) is 155 cm³/mol. The third-order valence-electron chi connectivity index (χ3n) is 6.97. The lowest BCUT2D eigenvalue weighted by atomic mass is 10.0. The van der Waals surface area contributed by atoms with Crippen molar-refractivity contribution in [1.82, 2.24) is 30.0 Å². The van der Waals surface area contributed by atoms with E-state index < -0.39 is 0 Å². The molecule has 0 saturated carbocycles. The Morgan fingerprint density at radius 1 is 1.03 bits per heavy atom. The van der Waals surface area contributed by atoms with Gasteiger partial charge in [0, 0.05) is 60.2 Å². The fourth-order valence-electron chi connectivity index (χ4n) is 4.93. The van der Waals surface area contributed by atoms with Crippen LogP contribution in [0.2, 0.25) is 0 Å². The van der Waals surface area contributed by atoms with Crippen LogP contribution in [0.4, 0.5) is 17.5 Å². The molecule has 1 saturated heterocycles. The Balaban J connectivity index is 1.32. The molecule has 4 heterocycles. The molecule has 3 aromatic heterocycles. The summed E-state index contributed by atoms with van der Waals surface area (Å²) in [5.41, 5.74) is 3.54. The van der Waals surface area contributed by atoms with Gasteiger partial charge in [-0.05, 0) is 63.1 Å². The maximum absolute atomic E-state index is 6.58. The molecule has 1 atom stereocenters. The third kappa shape index (κ3) is 5.39. The van der Waals surface area contributed by atoms with E-state index in [1.165, 1.54) is 0 Å². The van der Waals surface area contributed by atoms with Crippen molar-refractivity contribution in [3.63, 3.8) is 0 Å². The maximum Gasteiger partial charge on any atom is 0.228 e. The monoisotopic (exact) mass is 520 g/mol. The van der Waals surface area contributed by atoms with Gasteiger partial charge >= 0.3 is 0 Å². The van der Waals surface area contributed by atoms with Crippen LogP contribution >= 0.6 is 0 Å². The van der Waals surface area contributed by atoms with Crippen LogP contribution in [0.1, 0.15) is 25.3 Å². The van der Waals surface area contributed by atoms with E-state index >= 15 is 0 Å². The molecule has 1 aliphatic rings. The van der Waals surface area contributed by atoms with Crippen molar-refractivity contribution in [2.45, 2.75) is 39.3 Å². The molecule has 198 valence electrons. The molecule has 6 rings (SSSR count). The molecular weight excluding hydrogens is 488 g/mol. The smallest absolute Gasteiger partial charge is 0.228 e. The Morgan fingerprint density at radius 3 is 2.82 bits per heavy atom. The van der Waals surface area contributed by atoms with Gasteiger partial charge in [0.25, 0.3) is 0 Å². The van der Waals surface area contributed by atoms with Crippen molar-refractivity contribution in [1.29, 1.82) is 0 Å². The van der Waals surface area contributed by atoms with Crippen molar-refractivity contribution in [3.05, 3.63) is 78.8 Å². The molecule has 1 aliphatic heterocycles. The largest absolute Gasteiger partial charge is 0.437 e. The molecule has 5 aromatic rings. The van der Waals surface area contributed by atoms with Gasteiger partial charge in [-0.3, -0.25) is 4.68 Å². The Labute approximate surface area is 227 Å². The molecule has 2 aromatic carbocycles. The van der Waals surface area contributed by atoms with Gasteiger partial charge in [-0.1, -0.05) is 24.3 Å². The molecule has 0 aliphatic carbocycles. The zero-order valence-electron chi connectivity index (χ0n) is 22.2. The van der Waals surface area contributed by atoms with Gasteiger partial charge in [0.05, 0.1) is 11.3 Å². The Kier molecular flexibility index (Phi) is 7.05. The molecular formula is C30H32N8O. The second-order valence-corrected chi connectivity index (χ2v) is 9.71. The number of rotatable bonds is 8. The van der Waals surface area contributed by atoms with Crippen LogP contribution < -0.4 is 20.7 Å². The van der Waals surface area contributed by atoms with E-state index in [0.29, 0.717) is 17.9 Å². The number of fused-ring (bicyclic) bond motifs is 1. The SMILES string of the molecule is CCn1ccc(Nc2cccc3c(Oc4ncccc4-c4ccnc(N[C@H]5CCCNC5)n4)c(C)ccc23)n1. The summed E-state index contributed by atoms with van der Waals surface area (Å²) in [5.74, 6) is 2.67. The number of hydrogen-bond acceptors (Lipinski definition) is 8. The van der Waals surface area contributed by atoms with Gasteiger partial charge < -0.3 is 20.7 Å². The van der Waals surface area contributed by atoms with Gasteiger partial charge in [-0.2, -0.15) is 5.10 Å². The number of aryl methyl sites for hydroxylation is 2. The van der Waals surface area contributed by atoms with Crippen LogP contribution in [-0.2, 0) is 6.54 Å². The maximum atomic E-state index is 6.58. The van der Waals surface area contributed by atoms with Crippen molar-refractivity contribution in [2.24, 2.45) is 0 Å². The summed E-state index contributed by atoms with van der Waals surface area (Å²) in [6.07, 6.45) is 7.72. The Bertz CT molecular complexity index is 1590. The van der Waals surface area contributed by atoms with E-state index in [9.17, 15) is 0 Å². The lowest BCUT2D eigenvalue weighted by Crippen LogP contribution is -2.38. The first-order valence-corrected chi connectivity index (χ1v) is 13.4. The summed E-state index contributed by atoms with van der Waals surface area (Å²) < 4.78 is 8.47. The number of piperidine rings is 1. The third-order valence-corrected chi connectivity index (χ3v) is 6.97. The fourth-order valence-corrected chi connectivity index (χ4v) is 4.93. The van der Waals surface area contributed by atoms with Crippen LogP contribution in [0.15, 0.2) is 73.2 Å². The number of hydrogen-bond donors (Lipinski definition) is 3. The second kappa shape index (κ2) is 11.1. The minimum atomic E-state index is 0.315. The first-order chi connectivity index (χ1) is 19.2. The summed E-state index contributed by atoms with van der Waals surface area (Å²) in [6, 6.07) is 18.4. The average molecular weight is 521 g/mol. The average Bonchev–Trinajstić information content (AvgIpc) is 3.43. The number of benzene rings is 2. The minimum absolute atomic E-state index is 0.315. The number of ether oxygens (including phenoxy) is 1. The molecule has 0 unspecified atom stereocenters. The van der Waals surface area contributed by atoms with E-state index in [4.69, 9.17) is 9.72 Å². The van der Waals surface area contributed by atoms with Gasteiger partial charge in [-0.25, -0.2) is 15.0 Å². The quantitative estimate of drug-likeness (QED) is 0.232. The zero-order valence-corrected chi connectivity index (χ0v) is 22.2. The molecule has 9 heteroatoms. The van der Waals surface area contributed by atoms with Gasteiger partial charge in [0.15, 0.2) is 5.82 Å². The van der Waals surface area contributed by atoms with Crippen LogP contribution in [0, 0.1) is 6.92 Å². The standard InChI is InChI=1S/C30H32N8O/c1-3-38-18-14-27(37-38)35-25-10-4-8-23-22(25)12-11-20(2)28(23)39-29-24(9-6-16-32-29)26-13-17-33-30(36-26)34-21-7-5-15-31-19-21/h4,6,8-14,16-18,21,31H,3,5,7,15,19H2,1-2H3,(H,35,37)(H,33,34,36)/t21-/m0/s1. The van der Waals surface area contributed by atoms with Crippen LogP contribution in [0.5, 0.6) is 11.6 Å². The molecule has 0 radical (unpaired) electrons. The number of nitrogens with one attached hydrogen (secondary N) is 3. The molecule has 39 heavy (non-hydrogen) atoms. The Morgan fingerprint density at radius 2 is 1.97 bits per heavy atom. The number of pyridine rings is 1. The van der Waals surface area contributed by atoms with Gasteiger partial charge in [0.1, 0.15) is 5.75 Å². The summed E-state index contributed by atoms with van der Waals surface area (Å²) in [5, 5.41) is 16.9. The van der Waals surface area contributed by atoms with Crippen LogP contribution in [-0.4, -0.2) is 43.9 Å². The molecule has 1 fully saturated rings. The minimum Gasteiger partial charge on any atom is -0.437 e. The van der Waals surface area contributed by atoms with Crippen molar-refractivity contribution in [3.8, 4) is 22.9 Å². The second-order valence-electron chi connectivity index (χ2n) is 9.71. The number of nitrogens with zero attached hydrogens (tertiary/aromatic N) is 5. The molecule has 0 amide bonds. The van der Waals surface area contributed by atoms with Gasteiger partial charge in [-0.15, -0.1) is 0 Å². The van der Waals surface area contributed by atoms with Crippen molar-refractivity contribution in [2.75, 3.05) is 23.7 Å². The van der Waals surface area contributed by atoms with E-state index in [2.05, 4.69) is 62.2 Å². The summed E-state index contributed by atoms with van der Waals surface area (Å²) in [7, 11) is 0. The van der Waals surface area contributed by atoms with Gasteiger partial charge in [0.2, 0.25) is 11.8 Å². The van der Waals surface area contributed by atoms with Crippen molar-refractivity contribution < 1.29 is 4.74 Å². The van der Waals surface area contributed by atoms with E-state index in [-0.39, 0.29) is 0 Å². The van der Waals surface area contributed by atoms with E-state index in [1.54, 1.807) is 12.4 Å². The topological polar surface area (TPSA) is 102 Å². The van der Waals surface area contributed by atoms with Crippen LogP contribution in [0.25, 0.3) is 22.0 Å². The highest BCUT2D eigenvalue weighted by molar-refractivity contribution is 5.99. The van der Waals surface area contributed by atoms with E-state index in [0.717, 1.165) is 77.3 Å². The molecule has 0 bridgehead atoms. The number of aromatic nitrogens is 5. The number of anilines is 3. The van der Waals surface area contributed by atoms with Crippen LogP contribution in [0.3, 0.4) is 0 Å².